The van der Waals surface area contributed by atoms with E-state index in [2.05, 4.69) is 26.2 Å². The van der Waals surface area contributed by atoms with Crippen LogP contribution in [0.2, 0.25) is 0 Å². The van der Waals surface area contributed by atoms with Gasteiger partial charge in [0.2, 0.25) is 0 Å². The highest BCUT2D eigenvalue weighted by atomic mass is 19.4. The molecule has 3 aromatic rings. The van der Waals surface area contributed by atoms with E-state index in [4.69, 9.17) is 5.26 Å². The average molecular weight is 425 g/mol. The molecular weight excluding hydrogens is 405 g/mol. The van der Waals surface area contributed by atoms with E-state index in [1.165, 1.54) is 6.07 Å². The summed E-state index contributed by atoms with van der Waals surface area (Å²) < 4.78 is 38.3. The van der Waals surface area contributed by atoms with Crippen LogP contribution in [-0.2, 0) is 12.7 Å². The number of nitrogens with zero attached hydrogens (tertiary/aromatic N) is 5. The Kier molecular flexibility index (Phi) is 5.65. The van der Waals surface area contributed by atoms with Crippen molar-refractivity contribution in [1.82, 2.24) is 20.1 Å². The minimum absolute atomic E-state index is 0.520. The Hall–Kier alpha value is -3.38. The minimum Gasteiger partial charge on any atom is -0.346 e. The Labute approximate surface area is 177 Å². The highest BCUT2D eigenvalue weighted by Crippen LogP contribution is 2.31. The van der Waals surface area contributed by atoms with Crippen molar-refractivity contribution in [3.05, 3.63) is 71.5 Å². The van der Waals surface area contributed by atoms with Crippen molar-refractivity contribution in [3.8, 4) is 17.3 Å². The van der Waals surface area contributed by atoms with E-state index in [-0.39, 0.29) is 0 Å². The molecule has 1 aromatic carbocycles. The fraction of sp³-hybridized carbons (Fsp3) is 0.273. The number of nitriles is 1. The Balaban J connectivity index is 1.42. The molecule has 159 valence electrons. The van der Waals surface area contributed by atoms with Gasteiger partial charge >= 0.3 is 6.18 Å². The maximum atomic E-state index is 12.8. The Morgan fingerprint density at radius 3 is 2.48 bits per heavy atom. The van der Waals surface area contributed by atoms with Gasteiger partial charge in [0.25, 0.3) is 0 Å². The average Bonchev–Trinajstić information content (AvgIpc) is 3.21. The molecule has 0 saturated carbocycles. The number of halogens is 3. The molecule has 31 heavy (non-hydrogen) atoms. The largest absolute Gasteiger partial charge is 0.417 e. The molecule has 2 aromatic heterocycles. The third kappa shape index (κ3) is 4.54. The fourth-order valence-corrected chi connectivity index (χ4v) is 3.71. The van der Waals surface area contributed by atoms with E-state index in [1.807, 2.05) is 24.0 Å². The number of aromatic amines is 1. The topological polar surface area (TPSA) is 71.8 Å². The van der Waals surface area contributed by atoms with Crippen molar-refractivity contribution in [1.29, 1.82) is 5.26 Å². The Morgan fingerprint density at radius 1 is 1.10 bits per heavy atom. The maximum absolute atomic E-state index is 12.8. The van der Waals surface area contributed by atoms with Gasteiger partial charge in [0, 0.05) is 37.9 Å². The number of hydrogen-bond donors (Lipinski definition) is 1. The Morgan fingerprint density at radius 2 is 1.87 bits per heavy atom. The van der Waals surface area contributed by atoms with Crippen LogP contribution in [0.15, 0.2) is 48.8 Å². The molecule has 6 nitrogen and oxygen atoms in total. The third-order valence-corrected chi connectivity index (χ3v) is 5.32. The summed E-state index contributed by atoms with van der Waals surface area (Å²) in [5.74, 6) is 0.520. The van der Waals surface area contributed by atoms with Crippen molar-refractivity contribution in [2.24, 2.45) is 0 Å². The summed E-state index contributed by atoms with van der Waals surface area (Å²) in [6, 6.07) is 12.9. The lowest BCUT2D eigenvalue weighted by atomic mass is 10.1. The quantitative estimate of drug-likeness (QED) is 0.677. The number of aromatic nitrogens is 3. The summed E-state index contributed by atoms with van der Waals surface area (Å²) in [6.07, 6.45) is -1.71. The molecule has 0 unspecified atom stereocenters. The van der Waals surface area contributed by atoms with E-state index in [1.54, 1.807) is 18.3 Å². The summed E-state index contributed by atoms with van der Waals surface area (Å²) in [7, 11) is 0. The van der Waals surface area contributed by atoms with Crippen LogP contribution in [0.1, 0.15) is 23.6 Å². The first-order valence-electron chi connectivity index (χ1n) is 9.73. The first-order chi connectivity index (χ1) is 14.8. The number of nitrogens with one attached hydrogen (secondary N) is 1. The van der Waals surface area contributed by atoms with Crippen LogP contribution < -0.4 is 4.90 Å². The van der Waals surface area contributed by atoms with Crippen LogP contribution in [0.4, 0.5) is 19.0 Å². The van der Waals surface area contributed by atoms with Gasteiger partial charge in [-0.15, -0.1) is 0 Å². The van der Waals surface area contributed by atoms with Gasteiger partial charge in [0.15, 0.2) is 0 Å². The van der Waals surface area contributed by atoms with Crippen LogP contribution in [0.25, 0.3) is 11.3 Å². The second-order valence-corrected chi connectivity index (χ2v) is 7.46. The number of piperazine rings is 1. The normalized spacial score (nSPS) is 15.8. The van der Waals surface area contributed by atoms with E-state index in [9.17, 15) is 13.2 Å². The van der Waals surface area contributed by atoms with Crippen molar-refractivity contribution < 1.29 is 13.2 Å². The lowest BCUT2D eigenvalue weighted by Crippen LogP contribution is -2.47. The van der Waals surface area contributed by atoms with Crippen LogP contribution in [0, 0.1) is 17.4 Å². The molecule has 9 heteroatoms. The van der Waals surface area contributed by atoms with Crippen LogP contribution in [0.5, 0.6) is 0 Å². The monoisotopic (exact) mass is 425 g/mol. The van der Waals surface area contributed by atoms with Crippen molar-refractivity contribution >= 4 is 5.82 Å². The molecule has 0 bridgehead atoms. The van der Waals surface area contributed by atoms with Crippen LogP contribution >= 0.6 is 0 Å². The zero-order valence-electron chi connectivity index (χ0n) is 16.8. The predicted octanol–water partition coefficient (Wildman–Crippen LogP) is 4.24. The molecule has 1 saturated heterocycles. The number of H-pyrrole nitrogens is 1. The van der Waals surface area contributed by atoms with E-state index < -0.39 is 11.7 Å². The molecule has 0 amide bonds. The zero-order valence-corrected chi connectivity index (χ0v) is 16.8. The number of rotatable bonds is 4. The number of anilines is 1. The fourth-order valence-electron chi connectivity index (χ4n) is 3.71. The second kappa shape index (κ2) is 8.40. The van der Waals surface area contributed by atoms with Crippen molar-refractivity contribution in [2.75, 3.05) is 24.5 Å². The van der Waals surface area contributed by atoms with Gasteiger partial charge in [0.1, 0.15) is 5.82 Å². The zero-order chi connectivity index (χ0) is 22.0. The first kappa shape index (κ1) is 20.9. The van der Waals surface area contributed by atoms with Gasteiger partial charge in [-0.2, -0.15) is 23.5 Å². The summed E-state index contributed by atoms with van der Waals surface area (Å²) >= 11 is 0. The standard InChI is InChI=1S/C22H20F3N6/c1-15-13-30(8-9-31(15)20-7-6-19(12-27-20)22(23,24)25)14-18-11-28-29-21(18)17-4-2-16(10-26)3-5-17/h2-7,11-12H,8-9,13-14H2,1H3,(H,28,29). The van der Waals surface area contributed by atoms with Gasteiger partial charge in [-0.3, -0.25) is 10.00 Å². The number of alkyl halides is 3. The van der Waals surface area contributed by atoms with Gasteiger partial charge in [-0.25, -0.2) is 4.98 Å². The highest BCUT2D eigenvalue weighted by molar-refractivity contribution is 5.63. The molecule has 0 atom stereocenters. The lowest BCUT2D eigenvalue weighted by molar-refractivity contribution is -0.137. The van der Waals surface area contributed by atoms with Gasteiger partial charge < -0.3 is 4.90 Å². The molecule has 1 N–H and O–H groups in total. The molecule has 1 aliphatic heterocycles. The van der Waals surface area contributed by atoms with E-state index in [0.717, 1.165) is 41.7 Å². The lowest BCUT2D eigenvalue weighted by Gasteiger charge is -2.40. The summed E-state index contributed by atoms with van der Waals surface area (Å²) in [5.41, 5.74) is 2.76. The van der Waals surface area contributed by atoms with Crippen LogP contribution in [0.3, 0.4) is 0 Å². The number of benzene rings is 1. The van der Waals surface area contributed by atoms with E-state index in [0.29, 0.717) is 31.0 Å². The van der Waals surface area contributed by atoms with Gasteiger partial charge in [0.05, 0.1) is 35.1 Å². The predicted molar refractivity (Wildman–Crippen MR) is 110 cm³/mol. The molecule has 0 aliphatic carbocycles. The highest BCUT2D eigenvalue weighted by Gasteiger charge is 2.32. The molecule has 1 aliphatic rings. The minimum atomic E-state index is -4.39. The summed E-state index contributed by atoms with van der Waals surface area (Å²) in [4.78, 5) is 8.23. The third-order valence-electron chi connectivity index (χ3n) is 5.32. The SMILES string of the molecule is C[C]1CN(Cc2cn[nH]c2-c2ccc(C#N)cc2)CCN1c1ccc(C(F)(F)F)cn1. The molecule has 3 heterocycles. The Bertz CT molecular complexity index is 1070. The van der Waals surface area contributed by atoms with Gasteiger partial charge in [-0.1, -0.05) is 12.1 Å². The van der Waals surface area contributed by atoms with Crippen molar-refractivity contribution in [2.45, 2.75) is 19.6 Å². The molecule has 0 spiro atoms. The molecular formula is C22H20F3N6. The molecule has 1 fully saturated rings. The molecule has 1 radical (unpaired) electrons. The van der Waals surface area contributed by atoms with Gasteiger partial charge in [-0.05, 0) is 36.8 Å². The summed E-state index contributed by atoms with van der Waals surface area (Å²) in [5, 5.41) is 16.2. The summed E-state index contributed by atoms with van der Waals surface area (Å²) in [6.45, 7) is 4.67. The van der Waals surface area contributed by atoms with Crippen molar-refractivity contribution in [3.63, 3.8) is 0 Å². The maximum Gasteiger partial charge on any atom is 0.417 e. The smallest absolute Gasteiger partial charge is 0.346 e. The van der Waals surface area contributed by atoms with Crippen LogP contribution in [-0.4, -0.2) is 39.7 Å². The second-order valence-electron chi connectivity index (χ2n) is 7.46. The first-order valence-corrected chi connectivity index (χ1v) is 9.73. The number of pyridine rings is 1. The number of hydrogen-bond acceptors (Lipinski definition) is 5. The molecule has 4 rings (SSSR count). The van der Waals surface area contributed by atoms with E-state index >= 15 is 0 Å².